The minimum absolute atomic E-state index is 0.0622. The molecule has 6 heteroatoms. The maximum absolute atomic E-state index is 13.4. The molecule has 1 unspecified atom stereocenters. The minimum atomic E-state index is -0.869. The number of nitrogens with two attached hydrogens (primary N) is 1. The first kappa shape index (κ1) is 13.5. The number of aryl methyl sites for hydroxylation is 1. The molecule has 4 N–H and O–H groups in total. The number of aromatic nitrogens is 2. The van der Waals surface area contributed by atoms with E-state index < -0.39 is 6.10 Å². The van der Waals surface area contributed by atoms with Crippen molar-refractivity contribution in [3.63, 3.8) is 0 Å². The summed E-state index contributed by atoms with van der Waals surface area (Å²) in [4.78, 5) is 7.21. The Bertz CT molecular complexity index is 583. The summed E-state index contributed by atoms with van der Waals surface area (Å²) in [6, 6.07) is 4.21. The Hall–Kier alpha value is -1.92. The molecule has 0 saturated heterocycles. The Morgan fingerprint density at radius 1 is 1.53 bits per heavy atom. The van der Waals surface area contributed by atoms with Gasteiger partial charge in [0.2, 0.25) is 0 Å². The number of aliphatic hydroxyl groups is 1. The summed E-state index contributed by atoms with van der Waals surface area (Å²) >= 11 is 0. The number of hydrogen-bond acceptors (Lipinski definition) is 4. The van der Waals surface area contributed by atoms with E-state index in [4.69, 9.17) is 10.5 Å². The van der Waals surface area contributed by atoms with E-state index in [9.17, 15) is 9.50 Å². The summed E-state index contributed by atoms with van der Waals surface area (Å²) in [5.74, 6) is 0.505. The number of aromatic amines is 1. The minimum Gasteiger partial charge on any atom is -0.496 e. The maximum atomic E-state index is 13.4. The van der Waals surface area contributed by atoms with Gasteiger partial charge in [0.1, 0.15) is 23.5 Å². The van der Waals surface area contributed by atoms with Gasteiger partial charge in [-0.25, -0.2) is 9.37 Å². The smallest absolute Gasteiger partial charge is 0.137 e. The first-order valence-electron chi connectivity index (χ1n) is 5.85. The molecule has 5 nitrogen and oxygen atoms in total. The SMILES string of the molecule is COc1ccc(F)cc1-c1nc(C(O)CN)[nH]c1C. The molecule has 102 valence electrons. The van der Waals surface area contributed by atoms with E-state index in [0.717, 1.165) is 0 Å². The van der Waals surface area contributed by atoms with Gasteiger partial charge < -0.3 is 20.6 Å². The van der Waals surface area contributed by atoms with Crippen LogP contribution in [0.15, 0.2) is 18.2 Å². The van der Waals surface area contributed by atoms with Gasteiger partial charge in [-0.1, -0.05) is 0 Å². The van der Waals surface area contributed by atoms with Gasteiger partial charge in [-0.05, 0) is 25.1 Å². The molecule has 0 saturated carbocycles. The molecule has 0 aliphatic rings. The normalized spacial score (nSPS) is 12.5. The molecule has 0 radical (unpaired) electrons. The van der Waals surface area contributed by atoms with E-state index in [1.807, 2.05) is 0 Å². The molecule has 1 aromatic carbocycles. The number of nitrogens with one attached hydrogen (secondary N) is 1. The molecule has 1 heterocycles. The Labute approximate surface area is 110 Å². The number of rotatable bonds is 4. The van der Waals surface area contributed by atoms with E-state index in [1.165, 1.54) is 25.3 Å². The molecule has 1 atom stereocenters. The van der Waals surface area contributed by atoms with Crippen molar-refractivity contribution in [3.05, 3.63) is 35.5 Å². The molecule has 0 aliphatic heterocycles. The summed E-state index contributed by atoms with van der Waals surface area (Å²) < 4.78 is 18.6. The topological polar surface area (TPSA) is 84.2 Å². The molecule has 0 amide bonds. The van der Waals surface area contributed by atoms with Crippen LogP contribution in [0, 0.1) is 12.7 Å². The number of imidazole rings is 1. The van der Waals surface area contributed by atoms with Crippen LogP contribution in [0.3, 0.4) is 0 Å². The molecule has 0 spiro atoms. The summed E-state index contributed by atoms with van der Waals surface area (Å²) in [7, 11) is 1.51. The van der Waals surface area contributed by atoms with Gasteiger partial charge >= 0.3 is 0 Å². The van der Waals surface area contributed by atoms with Crippen LogP contribution >= 0.6 is 0 Å². The maximum Gasteiger partial charge on any atom is 0.137 e. The zero-order valence-electron chi connectivity index (χ0n) is 10.8. The lowest BCUT2D eigenvalue weighted by Gasteiger charge is -2.07. The van der Waals surface area contributed by atoms with Crippen LogP contribution in [0.25, 0.3) is 11.3 Å². The van der Waals surface area contributed by atoms with E-state index >= 15 is 0 Å². The molecular formula is C13H16FN3O2. The Morgan fingerprint density at radius 2 is 2.26 bits per heavy atom. The summed E-state index contributed by atoms with van der Waals surface area (Å²) in [6.45, 7) is 1.85. The molecule has 0 fully saturated rings. The summed E-state index contributed by atoms with van der Waals surface area (Å²) in [5.41, 5.74) is 7.18. The van der Waals surface area contributed by atoms with Crippen molar-refractivity contribution in [2.45, 2.75) is 13.0 Å². The second kappa shape index (κ2) is 5.38. The van der Waals surface area contributed by atoms with Crippen LogP contribution in [0.5, 0.6) is 5.75 Å². The van der Waals surface area contributed by atoms with Crippen molar-refractivity contribution in [3.8, 4) is 17.0 Å². The lowest BCUT2D eigenvalue weighted by atomic mass is 10.1. The largest absolute Gasteiger partial charge is 0.496 e. The second-order valence-corrected chi connectivity index (χ2v) is 4.19. The quantitative estimate of drug-likeness (QED) is 0.782. The van der Waals surface area contributed by atoms with Gasteiger partial charge in [0.15, 0.2) is 0 Å². The van der Waals surface area contributed by atoms with Crippen LogP contribution in [-0.4, -0.2) is 28.7 Å². The number of halogens is 1. The Morgan fingerprint density at radius 3 is 2.89 bits per heavy atom. The predicted octanol–water partition coefficient (Wildman–Crippen LogP) is 1.52. The zero-order valence-corrected chi connectivity index (χ0v) is 10.8. The fourth-order valence-electron chi connectivity index (χ4n) is 1.88. The van der Waals surface area contributed by atoms with Crippen LogP contribution in [0.1, 0.15) is 17.6 Å². The van der Waals surface area contributed by atoms with Gasteiger partial charge in [0.25, 0.3) is 0 Å². The van der Waals surface area contributed by atoms with Crippen molar-refractivity contribution >= 4 is 0 Å². The van der Waals surface area contributed by atoms with Gasteiger partial charge in [-0.3, -0.25) is 0 Å². The first-order valence-corrected chi connectivity index (χ1v) is 5.85. The molecule has 0 aliphatic carbocycles. The molecule has 0 bridgehead atoms. The third kappa shape index (κ3) is 2.59. The van der Waals surface area contributed by atoms with E-state index in [-0.39, 0.29) is 12.4 Å². The number of hydrogen-bond donors (Lipinski definition) is 3. The molecule has 1 aromatic heterocycles. The average Bonchev–Trinajstić information content (AvgIpc) is 2.79. The highest BCUT2D eigenvalue weighted by Gasteiger charge is 2.17. The Balaban J connectivity index is 2.52. The van der Waals surface area contributed by atoms with E-state index in [0.29, 0.717) is 28.5 Å². The van der Waals surface area contributed by atoms with Crippen LogP contribution in [0.2, 0.25) is 0 Å². The van der Waals surface area contributed by atoms with E-state index in [1.54, 1.807) is 6.92 Å². The average molecular weight is 265 g/mol. The first-order chi connectivity index (χ1) is 9.06. The van der Waals surface area contributed by atoms with E-state index in [2.05, 4.69) is 9.97 Å². The highest BCUT2D eigenvalue weighted by atomic mass is 19.1. The third-order valence-electron chi connectivity index (χ3n) is 2.86. The number of aliphatic hydroxyl groups excluding tert-OH is 1. The lowest BCUT2D eigenvalue weighted by molar-refractivity contribution is 0.177. The van der Waals surface area contributed by atoms with Crippen LogP contribution < -0.4 is 10.5 Å². The van der Waals surface area contributed by atoms with Crippen LogP contribution in [0.4, 0.5) is 4.39 Å². The fourth-order valence-corrected chi connectivity index (χ4v) is 1.88. The molecule has 2 aromatic rings. The summed E-state index contributed by atoms with van der Waals surface area (Å²) in [6.07, 6.45) is -0.869. The van der Waals surface area contributed by atoms with Gasteiger partial charge in [-0.15, -0.1) is 0 Å². The van der Waals surface area contributed by atoms with Crippen molar-refractivity contribution in [2.24, 2.45) is 5.73 Å². The summed E-state index contributed by atoms with van der Waals surface area (Å²) in [5, 5.41) is 9.67. The van der Waals surface area contributed by atoms with Gasteiger partial charge in [0, 0.05) is 17.8 Å². The highest BCUT2D eigenvalue weighted by Crippen LogP contribution is 2.32. The fraction of sp³-hybridized carbons (Fsp3) is 0.308. The highest BCUT2D eigenvalue weighted by molar-refractivity contribution is 5.69. The zero-order chi connectivity index (χ0) is 14.0. The van der Waals surface area contributed by atoms with Gasteiger partial charge in [0.05, 0.1) is 12.8 Å². The number of methoxy groups -OCH3 is 1. The van der Waals surface area contributed by atoms with Crippen LogP contribution in [-0.2, 0) is 0 Å². The Kier molecular flexibility index (Phi) is 3.82. The number of ether oxygens (including phenoxy) is 1. The molecular weight excluding hydrogens is 249 g/mol. The van der Waals surface area contributed by atoms with Crippen molar-refractivity contribution < 1.29 is 14.2 Å². The number of nitrogens with zero attached hydrogens (tertiary/aromatic N) is 1. The van der Waals surface area contributed by atoms with Crippen molar-refractivity contribution in [1.82, 2.24) is 9.97 Å². The van der Waals surface area contributed by atoms with Crippen molar-refractivity contribution in [1.29, 1.82) is 0 Å². The number of benzene rings is 1. The molecule has 2 rings (SSSR count). The third-order valence-corrected chi connectivity index (χ3v) is 2.86. The lowest BCUT2D eigenvalue weighted by Crippen LogP contribution is -2.12. The van der Waals surface area contributed by atoms with Crippen molar-refractivity contribution in [2.75, 3.05) is 13.7 Å². The monoisotopic (exact) mass is 265 g/mol. The molecule has 19 heavy (non-hydrogen) atoms. The number of H-pyrrole nitrogens is 1. The second-order valence-electron chi connectivity index (χ2n) is 4.19. The standard InChI is InChI=1S/C13H16FN3O2/c1-7-12(17-13(16-7)10(18)6-15)9-5-8(14)3-4-11(9)19-2/h3-5,10,18H,6,15H2,1-2H3,(H,16,17). The van der Waals surface area contributed by atoms with Gasteiger partial charge in [-0.2, -0.15) is 0 Å². The predicted molar refractivity (Wildman–Crippen MR) is 69.3 cm³/mol.